The summed E-state index contributed by atoms with van der Waals surface area (Å²) in [6.07, 6.45) is 0. The van der Waals surface area contributed by atoms with Crippen LogP contribution in [0, 0.1) is 0 Å². The van der Waals surface area contributed by atoms with Crippen molar-refractivity contribution >= 4 is 55.0 Å². The summed E-state index contributed by atoms with van der Waals surface area (Å²) in [4.78, 5) is 11.3. The number of aliphatic imine (C=N–C) groups is 2. The van der Waals surface area contributed by atoms with Crippen LogP contribution in [0.5, 0.6) is 0 Å². The Bertz CT molecular complexity index is 3010. The molecule has 51 heavy (non-hydrogen) atoms. The van der Waals surface area contributed by atoms with Crippen molar-refractivity contribution in [2.75, 3.05) is 0 Å². The van der Waals surface area contributed by atoms with Gasteiger partial charge in [0.15, 0.2) is 0 Å². The van der Waals surface area contributed by atoms with E-state index in [-0.39, 0.29) is 12.0 Å². The van der Waals surface area contributed by atoms with Crippen LogP contribution in [-0.2, 0) is 0 Å². The van der Waals surface area contributed by atoms with Crippen molar-refractivity contribution in [3.05, 3.63) is 180 Å². The molecule has 2 aliphatic carbocycles. The molecule has 0 bridgehead atoms. The molecule has 9 aromatic rings. The Kier molecular flexibility index (Phi) is 5.34. The summed E-state index contributed by atoms with van der Waals surface area (Å²) in [6, 6.07) is 59.7. The van der Waals surface area contributed by atoms with Gasteiger partial charge in [-0.25, -0.2) is 9.98 Å². The van der Waals surface area contributed by atoms with Crippen molar-refractivity contribution in [2.24, 2.45) is 9.98 Å². The average Bonchev–Trinajstić information content (AvgIpc) is 3.67. The zero-order chi connectivity index (χ0) is 33.2. The number of aromatic nitrogens is 1. The van der Waals surface area contributed by atoms with E-state index in [1.165, 1.54) is 76.8 Å². The van der Waals surface area contributed by atoms with Gasteiger partial charge in [-0.1, -0.05) is 152 Å². The van der Waals surface area contributed by atoms with Crippen molar-refractivity contribution in [1.29, 1.82) is 0 Å². The normalized spacial score (nSPS) is 16.9. The predicted octanol–water partition coefficient (Wildman–Crippen LogP) is 12.0. The smallest absolute Gasteiger partial charge is 0.230 e. The monoisotopic (exact) mass is 647 g/mol. The number of fused-ring (bicyclic) bond motifs is 5. The molecular weight excluding hydrogens is 619 g/mol. The van der Waals surface area contributed by atoms with Crippen LogP contribution in [0.25, 0.3) is 76.7 Å². The zero-order valence-corrected chi connectivity index (χ0v) is 27.6. The maximum absolute atomic E-state index is 5.66. The van der Waals surface area contributed by atoms with Crippen molar-refractivity contribution in [2.45, 2.75) is 12.0 Å². The highest BCUT2D eigenvalue weighted by atomic mass is 15.2. The standard InChI is InChI=1S/C48H29N3/c1-3-12-28(13-4-1)32-26-27-39-45-42(32)35-22-8-17-29-16-7-20-33(40(29)35)34-21-11-25-38(43(34)45)51(39)48-49-46(31-14-5-2-6-15-31)44-36-23-9-18-30-19-10-24-37(41(30)36)47(44)50-48/h1-27,44,47H. The molecule has 0 saturated carbocycles. The summed E-state index contributed by atoms with van der Waals surface area (Å²) in [6.45, 7) is 0. The molecule has 3 aliphatic rings. The van der Waals surface area contributed by atoms with Crippen LogP contribution in [0.1, 0.15) is 28.7 Å². The summed E-state index contributed by atoms with van der Waals surface area (Å²) in [5, 5.41) is 7.65. The van der Waals surface area contributed by atoms with E-state index in [0.717, 1.165) is 28.3 Å². The number of hydrogen-bond donors (Lipinski definition) is 0. The van der Waals surface area contributed by atoms with Crippen LogP contribution in [-0.4, -0.2) is 16.2 Å². The lowest BCUT2D eigenvalue weighted by molar-refractivity contribution is 0.692. The Labute approximate surface area is 294 Å². The molecule has 1 aliphatic heterocycles. The van der Waals surface area contributed by atoms with Gasteiger partial charge < -0.3 is 0 Å². The molecule has 3 nitrogen and oxygen atoms in total. The van der Waals surface area contributed by atoms with E-state index in [1.807, 2.05) is 0 Å². The van der Waals surface area contributed by atoms with Crippen LogP contribution in [0.4, 0.5) is 0 Å². The van der Waals surface area contributed by atoms with Gasteiger partial charge in [0.1, 0.15) is 0 Å². The first kappa shape index (κ1) is 27.3. The Morgan fingerprint density at radius 1 is 0.412 bits per heavy atom. The first-order chi connectivity index (χ1) is 25.3. The van der Waals surface area contributed by atoms with Crippen LogP contribution >= 0.6 is 0 Å². The first-order valence-corrected chi connectivity index (χ1v) is 17.8. The molecular formula is C48H29N3. The second-order valence-electron chi connectivity index (χ2n) is 14.0. The highest BCUT2D eigenvalue weighted by molar-refractivity contribution is 6.31. The van der Waals surface area contributed by atoms with Crippen molar-refractivity contribution in [3.8, 4) is 33.4 Å². The maximum atomic E-state index is 5.66. The molecule has 8 aromatic carbocycles. The summed E-state index contributed by atoms with van der Waals surface area (Å²) >= 11 is 0. The van der Waals surface area contributed by atoms with E-state index in [9.17, 15) is 0 Å². The van der Waals surface area contributed by atoms with Gasteiger partial charge in [0.2, 0.25) is 5.96 Å². The van der Waals surface area contributed by atoms with Crippen molar-refractivity contribution < 1.29 is 0 Å². The summed E-state index contributed by atoms with van der Waals surface area (Å²) < 4.78 is 2.35. The zero-order valence-electron chi connectivity index (χ0n) is 27.6. The number of nitrogens with zero attached hydrogens (tertiary/aromatic N) is 3. The summed E-state index contributed by atoms with van der Waals surface area (Å²) in [7, 11) is 0. The third kappa shape index (κ3) is 3.57. The Morgan fingerprint density at radius 2 is 1.02 bits per heavy atom. The highest BCUT2D eigenvalue weighted by Gasteiger charge is 2.41. The highest BCUT2D eigenvalue weighted by Crippen LogP contribution is 2.54. The number of benzene rings is 8. The van der Waals surface area contributed by atoms with Gasteiger partial charge in [-0.3, -0.25) is 4.57 Å². The van der Waals surface area contributed by atoms with Gasteiger partial charge in [0.25, 0.3) is 0 Å². The first-order valence-electron chi connectivity index (χ1n) is 17.8. The van der Waals surface area contributed by atoms with E-state index < -0.39 is 0 Å². The Balaban J connectivity index is 1.23. The predicted molar refractivity (Wildman–Crippen MR) is 212 cm³/mol. The lowest BCUT2D eigenvalue weighted by Crippen LogP contribution is -2.26. The second-order valence-corrected chi connectivity index (χ2v) is 14.0. The third-order valence-corrected chi connectivity index (χ3v) is 11.5. The third-order valence-electron chi connectivity index (χ3n) is 11.5. The molecule has 0 spiro atoms. The SMILES string of the molecule is c1ccc(C2=NC(n3c4cccc5c4c4c(c(-c6ccccc6)ccc43)-c3cccc4cccc-5c34)=NC3c4cccc5cccc(c45)C23)cc1. The molecule has 0 fully saturated rings. The van der Waals surface area contributed by atoms with Crippen LogP contribution in [0.3, 0.4) is 0 Å². The minimum Gasteiger partial charge on any atom is -0.278 e. The Morgan fingerprint density at radius 3 is 1.78 bits per heavy atom. The van der Waals surface area contributed by atoms with Crippen LogP contribution < -0.4 is 0 Å². The fourth-order valence-electron chi connectivity index (χ4n) is 9.49. The molecule has 2 atom stereocenters. The Hall–Kier alpha value is -6.58. The molecule has 236 valence electrons. The fourth-order valence-corrected chi connectivity index (χ4v) is 9.49. The van der Waals surface area contributed by atoms with E-state index >= 15 is 0 Å². The van der Waals surface area contributed by atoms with Crippen LogP contribution in [0.15, 0.2) is 174 Å². The molecule has 3 heteroatoms. The van der Waals surface area contributed by atoms with E-state index in [0.29, 0.717) is 0 Å². The van der Waals surface area contributed by atoms with Gasteiger partial charge in [0.05, 0.1) is 28.7 Å². The maximum Gasteiger partial charge on any atom is 0.230 e. The molecule has 12 rings (SSSR count). The molecule has 2 heterocycles. The van der Waals surface area contributed by atoms with Crippen molar-refractivity contribution in [1.82, 2.24) is 4.57 Å². The number of rotatable bonds is 2. The van der Waals surface area contributed by atoms with Crippen LogP contribution in [0.2, 0.25) is 0 Å². The second kappa shape index (κ2) is 9.99. The van der Waals surface area contributed by atoms with E-state index in [2.05, 4.69) is 168 Å². The minimum atomic E-state index is -0.0741. The van der Waals surface area contributed by atoms with Gasteiger partial charge in [0, 0.05) is 16.3 Å². The fraction of sp³-hybridized carbons (Fsp3) is 0.0417. The molecule has 2 unspecified atom stereocenters. The van der Waals surface area contributed by atoms with Gasteiger partial charge in [-0.2, -0.15) is 0 Å². The molecule has 1 aromatic heterocycles. The topological polar surface area (TPSA) is 29.6 Å². The lowest BCUT2D eigenvalue weighted by Gasteiger charge is -2.27. The minimum absolute atomic E-state index is 0.0458. The largest absolute Gasteiger partial charge is 0.278 e. The van der Waals surface area contributed by atoms with Crippen molar-refractivity contribution in [3.63, 3.8) is 0 Å². The van der Waals surface area contributed by atoms with Gasteiger partial charge in [-0.15, -0.1) is 0 Å². The van der Waals surface area contributed by atoms with E-state index in [1.54, 1.807) is 0 Å². The quantitative estimate of drug-likeness (QED) is 0.179. The molecule has 0 radical (unpaired) electrons. The molecule has 0 N–H and O–H groups in total. The lowest BCUT2D eigenvalue weighted by atomic mass is 9.87. The molecule has 0 saturated heterocycles. The van der Waals surface area contributed by atoms with Gasteiger partial charge in [-0.05, 0) is 78.2 Å². The van der Waals surface area contributed by atoms with Gasteiger partial charge >= 0.3 is 0 Å². The molecule has 0 amide bonds. The average molecular weight is 648 g/mol. The number of hydrogen-bond acceptors (Lipinski definition) is 2. The summed E-state index contributed by atoms with van der Waals surface area (Å²) in [5.74, 6) is 0.784. The van der Waals surface area contributed by atoms with E-state index in [4.69, 9.17) is 9.98 Å². The summed E-state index contributed by atoms with van der Waals surface area (Å²) in [5.41, 5.74) is 14.5.